The third-order valence-electron chi connectivity index (χ3n) is 3.74. The Morgan fingerprint density at radius 1 is 1.07 bits per heavy atom. The van der Waals surface area contributed by atoms with Gasteiger partial charge in [0.05, 0.1) is 18.8 Å². The van der Waals surface area contributed by atoms with Crippen LogP contribution in [-0.4, -0.2) is 49.3 Å². The summed E-state index contributed by atoms with van der Waals surface area (Å²) in [5.74, 6) is -0.626. The zero-order valence-electron chi connectivity index (χ0n) is 16.0. The highest BCUT2D eigenvalue weighted by atomic mass is 32.2. The van der Waals surface area contributed by atoms with Crippen molar-refractivity contribution in [1.29, 1.82) is 0 Å². The summed E-state index contributed by atoms with van der Waals surface area (Å²) >= 11 is 1.53. The predicted molar refractivity (Wildman–Crippen MR) is 111 cm³/mol. The number of thioether (sulfide) groups is 1. The molecule has 2 aromatic rings. The van der Waals surface area contributed by atoms with Crippen LogP contribution in [0.3, 0.4) is 0 Å². The molecular formula is C20H23N3O4S. The van der Waals surface area contributed by atoms with Crippen LogP contribution in [0.25, 0.3) is 0 Å². The van der Waals surface area contributed by atoms with Crippen molar-refractivity contribution < 1.29 is 19.1 Å². The van der Waals surface area contributed by atoms with Crippen LogP contribution in [0.1, 0.15) is 17.3 Å². The lowest BCUT2D eigenvalue weighted by atomic mass is 10.1. The Hall–Kier alpha value is -3.00. The molecule has 0 unspecified atom stereocenters. The van der Waals surface area contributed by atoms with Crippen molar-refractivity contribution in [2.45, 2.75) is 11.8 Å². The van der Waals surface area contributed by atoms with Crippen LogP contribution in [0, 0.1) is 0 Å². The van der Waals surface area contributed by atoms with E-state index in [9.17, 15) is 14.4 Å². The molecule has 0 saturated heterocycles. The van der Waals surface area contributed by atoms with E-state index in [-0.39, 0.29) is 25.0 Å². The summed E-state index contributed by atoms with van der Waals surface area (Å²) in [6.45, 7) is 1.86. The zero-order valence-corrected chi connectivity index (χ0v) is 16.8. The van der Waals surface area contributed by atoms with Gasteiger partial charge in [-0.3, -0.25) is 14.9 Å². The Morgan fingerprint density at radius 3 is 2.54 bits per heavy atom. The Labute approximate surface area is 168 Å². The van der Waals surface area contributed by atoms with Gasteiger partial charge < -0.3 is 15.0 Å². The molecule has 2 N–H and O–H groups in total. The van der Waals surface area contributed by atoms with Gasteiger partial charge in [-0.05, 0) is 43.5 Å². The molecule has 0 bridgehead atoms. The first-order valence-corrected chi connectivity index (χ1v) is 9.89. The number of carbonyl (C=O) groups is 3. The van der Waals surface area contributed by atoms with Crippen LogP contribution in [-0.2, 0) is 9.53 Å². The van der Waals surface area contributed by atoms with Crippen molar-refractivity contribution in [3.63, 3.8) is 0 Å². The highest BCUT2D eigenvalue weighted by Gasteiger charge is 2.16. The van der Waals surface area contributed by atoms with E-state index in [4.69, 9.17) is 4.74 Å². The van der Waals surface area contributed by atoms with E-state index in [0.29, 0.717) is 16.9 Å². The molecule has 2 aromatic carbocycles. The molecule has 0 aromatic heterocycles. The number of hydrogen-bond acceptors (Lipinski definition) is 5. The maximum atomic E-state index is 12.6. The number of carbonyl (C=O) groups excluding carboxylic acids is 3. The summed E-state index contributed by atoms with van der Waals surface area (Å²) in [5.41, 5.74) is 1.51. The zero-order chi connectivity index (χ0) is 20.5. The molecule has 0 spiro atoms. The SMILES string of the molecule is CCOC(=O)Nc1cccc(C(=O)N(C)CC(=O)Nc2ccccc2SC)c1. The van der Waals surface area contributed by atoms with Gasteiger partial charge in [0.1, 0.15) is 0 Å². The van der Waals surface area contributed by atoms with Crippen LogP contribution in [0.5, 0.6) is 0 Å². The van der Waals surface area contributed by atoms with Gasteiger partial charge in [0, 0.05) is 23.2 Å². The fourth-order valence-electron chi connectivity index (χ4n) is 2.46. The summed E-state index contributed by atoms with van der Waals surface area (Å²) in [6, 6.07) is 13.9. The van der Waals surface area contributed by atoms with Gasteiger partial charge in [-0.1, -0.05) is 18.2 Å². The van der Waals surface area contributed by atoms with Gasteiger partial charge in [-0.2, -0.15) is 0 Å². The van der Waals surface area contributed by atoms with Crippen LogP contribution in [0.2, 0.25) is 0 Å². The van der Waals surface area contributed by atoms with Crippen LogP contribution < -0.4 is 10.6 Å². The molecule has 0 radical (unpaired) electrons. The molecule has 0 atom stereocenters. The van der Waals surface area contributed by atoms with Gasteiger partial charge in [0.15, 0.2) is 0 Å². The van der Waals surface area contributed by atoms with Gasteiger partial charge in [-0.15, -0.1) is 11.8 Å². The van der Waals surface area contributed by atoms with Gasteiger partial charge in [-0.25, -0.2) is 4.79 Å². The van der Waals surface area contributed by atoms with Crippen molar-refractivity contribution in [1.82, 2.24) is 4.90 Å². The molecule has 0 saturated carbocycles. The minimum Gasteiger partial charge on any atom is -0.450 e. The molecule has 3 amide bonds. The first-order valence-electron chi connectivity index (χ1n) is 8.66. The maximum Gasteiger partial charge on any atom is 0.411 e. The summed E-state index contributed by atoms with van der Waals surface area (Å²) in [4.78, 5) is 38.7. The number of rotatable bonds is 7. The lowest BCUT2D eigenvalue weighted by Crippen LogP contribution is -2.35. The summed E-state index contributed by atoms with van der Waals surface area (Å²) < 4.78 is 4.82. The molecular weight excluding hydrogens is 378 g/mol. The Morgan fingerprint density at radius 2 is 1.82 bits per heavy atom. The molecule has 0 aliphatic rings. The molecule has 8 heteroatoms. The molecule has 7 nitrogen and oxygen atoms in total. The third kappa shape index (κ3) is 6.02. The number of benzene rings is 2. The van der Waals surface area contributed by atoms with E-state index >= 15 is 0 Å². The van der Waals surface area contributed by atoms with Crippen LogP contribution >= 0.6 is 11.8 Å². The topological polar surface area (TPSA) is 87.7 Å². The van der Waals surface area contributed by atoms with E-state index in [0.717, 1.165) is 4.90 Å². The first-order chi connectivity index (χ1) is 13.4. The molecule has 0 heterocycles. The highest BCUT2D eigenvalue weighted by molar-refractivity contribution is 7.98. The number of hydrogen-bond donors (Lipinski definition) is 2. The van der Waals surface area contributed by atoms with Gasteiger partial charge >= 0.3 is 6.09 Å². The van der Waals surface area contributed by atoms with Crippen molar-refractivity contribution in [3.05, 3.63) is 54.1 Å². The molecule has 28 heavy (non-hydrogen) atoms. The predicted octanol–water partition coefficient (Wildman–Crippen LogP) is 3.69. The minimum atomic E-state index is -0.590. The molecule has 0 aliphatic heterocycles. The van der Waals surface area contributed by atoms with E-state index in [2.05, 4.69) is 10.6 Å². The molecule has 0 fully saturated rings. The van der Waals surface area contributed by atoms with Crippen molar-refractivity contribution in [3.8, 4) is 0 Å². The average Bonchev–Trinajstić information content (AvgIpc) is 2.68. The van der Waals surface area contributed by atoms with Crippen molar-refractivity contribution in [2.75, 3.05) is 37.1 Å². The lowest BCUT2D eigenvalue weighted by Gasteiger charge is -2.18. The minimum absolute atomic E-state index is 0.100. The quantitative estimate of drug-likeness (QED) is 0.691. The maximum absolute atomic E-state index is 12.6. The van der Waals surface area contributed by atoms with Crippen LogP contribution in [0.15, 0.2) is 53.4 Å². The summed E-state index contributed by atoms with van der Waals surface area (Å²) in [6.07, 6.45) is 1.34. The fraction of sp³-hybridized carbons (Fsp3) is 0.250. The van der Waals surface area contributed by atoms with E-state index in [1.807, 2.05) is 30.5 Å². The van der Waals surface area contributed by atoms with Crippen molar-refractivity contribution >= 4 is 41.0 Å². The second kappa shape index (κ2) is 10.4. The highest BCUT2D eigenvalue weighted by Crippen LogP contribution is 2.24. The number of para-hydroxylation sites is 1. The van der Waals surface area contributed by atoms with E-state index < -0.39 is 6.09 Å². The molecule has 148 valence electrons. The summed E-state index contributed by atoms with van der Waals surface area (Å²) in [5, 5.41) is 5.37. The Balaban J connectivity index is 2.00. The first kappa shape index (κ1) is 21.3. The number of anilines is 2. The second-order valence-corrected chi connectivity index (χ2v) is 6.68. The normalized spacial score (nSPS) is 10.1. The number of ether oxygens (including phenoxy) is 1. The van der Waals surface area contributed by atoms with Crippen molar-refractivity contribution in [2.24, 2.45) is 0 Å². The van der Waals surface area contributed by atoms with E-state index in [1.165, 1.54) is 22.7 Å². The lowest BCUT2D eigenvalue weighted by molar-refractivity contribution is -0.116. The average molecular weight is 401 g/mol. The van der Waals surface area contributed by atoms with Crippen LogP contribution in [0.4, 0.5) is 16.2 Å². The number of likely N-dealkylation sites (N-methyl/N-ethyl adjacent to an activating group) is 1. The smallest absolute Gasteiger partial charge is 0.411 e. The number of amides is 3. The van der Waals surface area contributed by atoms with Gasteiger partial charge in [0.2, 0.25) is 5.91 Å². The monoisotopic (exact) mass is 401 g/mol. The van der Waals surface area contributed by atoms with E-state index in [1.54, 1.807) is 32.2 Å². The third-order valence-corrected chi connectivity index (χ3v) is 4.54. The fourth-order valence-corrected chi connectivity index (χ4v) is 3.01. The standard InChI is InChI=1S/C20H23N3O4S/c1-4-27-20(26)21-15-9-7-8-14(12-15)19(25)23(2)13-18(24)22-16-10-5-6-11-17(16)28-3/h5-12H,4,13H2,1-3H3,(H,21,26)(H,22,24). The molecule has 0 aliphatic carbocycles. The second-order valence-electron chi connectivity index (χ2n) is 5.84. The Kier molecular flexibility index (Phi) is 7.88. The number of nitrogens with one attached hydrogen (secondary N) is 2. The summed E-state index contributed by atoms with van der Waals surface area (Å²) in [7, 11) is 1.55. The molecule has 2 rings (SSSR count). The number of nitrogens with zero attached hydrogens (tertiary/aromatic N) is 1. The largest absolute Gasteiger partial charge is 0.450 e. The van der Waals surface area contributed by atoms with Gasteiger partial charge in [0.25, 0.3) is 5.91 Å². The Bertz CT molecular complexity index is 857.